The van der Waals surface area contributed by atoms with Gasteiger partial charge in [0, 0.05) is 17.4 Å². The first kappa shape index (κ1) is 14.8. The fourth-order valence-corrected chi connectivity index (χ4v) is 4.41. The van der Waals surface area contributed by atoms with Crippen LogP contribution in [0.4, 0.5) is 0 Å². The predicted octanol–water partition coefficient (Wildman–Crippen LogP) is 1.49. The van der Waals surface area contributed by atoms with Crippen LogP contribution in [0.3, 0.4) is 0 Å². The summed E-state index contributed by atoms with van der Waals surface area (Å²) in [7, 11) is -3.44. The highest BCUT2D eigenvalue weighted by atomic mass is 32.2. The van der Waals surface area contributed by atoms with Crippen molar-refractivity contribution in [3.63, 3.8) is 0 Å². The first-order valence-electron chi connectivity index (χ1n) is 6.00. The van der Waals surface area contributed by atoms with Crippen LogP contribution >= 0.6 is 24.0 Å². The summed E-state index contributed by atoms with van der Waals surface area (Å²) in [6, 6.07) is 6.31. The van der Waals surface area contributed by atoms with Crippen molar-refractivity contribution in [3.05, 3.63) is 29.8 Å². The second-order valence-electron chi connectivity index (χ2n) is 4.38. The van der Waals surface area contributed by atoms with E-state index >= 15 is 0 Å². The Morgan fingerprint density at radius 2 is 2.11 bits per heavy atom. The van der Waals surface area contributed by atoms with E-state index < -0.39 is 10.0 Å². The Balaban J connectivity index is 2.03. The van der Waals surface area contributed by atoms with E-state index in [0.717, 1.165) is 12.2 Å². The number of rotatable bonds is 5. The minimum atomic E-state index is -3.44. The largest absolute Gasteiger partial charge is 0.389 e. The van der Waals surface area contributed by atoms with Crippen LogP contribution in [0, 0.1) is 0 Å². The molecule has 1 atom stereocenters. The Morgan fingerprint density at radius 1 is 1.42 bits per heavy atom. The lowest BCUT2D eigenvalue weighted by Gasteiger charge is -2.11. The molecule has 1 fully saturated rings. The SMILES string of the molecule is NC(=S)c1ccc(S(=O)(=O)NCC2CCCS2)cc1. The van der Waals surface area contributed by atoms with Gasteiger partial charge in [0.05, 0.1) is 4.90 Å². The number of hydrogen-bond acceptors (Lipinski definition) is 4. The molecule has 104 valence electrons. The zero-order chi connectivity index (χ0) is 13.9. The second-order valence-corrected chi connectivity index (χ2v) is 7.99. The van der Waals surface area contributed by atoms with E-state index in [1.807, 2.05) is 11.8 Å². The normalized spacial score (nSPS) is 19.5. The molecule has 1 unspecified atom stereocenters. The molecule has 0 saturated carbocycles. The average Bonchev–Trinajstić information content (AvgIpc) is 2.90. The summed E-state index contributed by atoms with van der Waals surface area (Å²) < 4.78 is 26.8. The van der Waals surface area contributed by atoms with Gasteiger partial charge in [-0.1, -0.05) is 24.4 Å². The van der Waals surface area contributed by atoms with Crippen molar-refractivity contribution in [1.29, 1.82) is 0 Å². The zero-order valence-corrected chi connectivity index (χ0v) is 12.8. The van der Waals surface area contributed by atoms with E-state index in [4.69, 9.17) is 18.0 Å². The van der Waals surface area contributed by atoms with Gasteiger partial charge in [-0.15, -0.1) is 0 Å². The Bertz CT molecular complexity index is 549. The van der Waals surface area contributed by atoms with Crippen molar-refractivity contribution in [2.45, 2.75) is 23.0 Å². The van der Waals surface area contributed by atoms with Crippen LogP contribution in [0.25, 0.3) is 0 Å². The third-order valence-corrected chi connectivity index (χ3v) is 6.05. The summed E-state index contributed by atoms with van der Waals surface area (Å²) >= 11 is 6.66. The summed E-state index contributed by atoms with van der Waals surface area (Å²) in [6.45, 7) is 0.490. The molecular weight excluding hydrogens is 300 g/mol. The standard InChI is InChI=1S/C12H16N2O2S3/c13-12(17)9-3-5-11(6-4-9)19(15,16)14-8-10-2-1-7-18-10/h3-6,10,14H,1-2,7-8H2,(H2,13,17). The van der Waals surface area contributed by atoms with E-state index in [9.17, 15) is 8.42 Å². The predicted molar refractivity (Wildman–Crippen MR) is 83.0 cm³/mol. The van der Waals surface area contributed by atoms with Crippen LogP contribution in [-0.2, 0) is 10.0 Å². The molecule has 0 radical (unpaired) electrons. The molecule has 1 saturated heterocycles. The molecule has 1 aliphatic rings. The van der Waals surface area contributed by atoms with E-state index in [-0.39, 0.29) is 9.88 Å². The van der Waals surface area contributed by atoms with Crippen molar-refractivity contribution < 1.29 is 8.42 Å². The fourth-order valence-electron chi connectivity index (χ4n) is 1.89. The van der Waals surface area contributed by atoms with Crippen LogP contribution in [-0.4, -0.2) is 31.0 Å². The fraction of sp³-hybridized carbons (Fsp3) is 0.417. The maximum atomic E-state index is 12.1. The van der Waals surface area contributed by atoms with Gasteiger partial charge in [0.2, 0.25) is 10.0 Å². The van der Waals surface area contributed by atoms with Crippen LogP contribution in [0.1, 0.15) is 18.4 Å². The van der Waals surface area contributed by atoms with E-state index in [1.54, 1.807) is 12.1 Å². The summed E-state index contributed by atoms with van der Waals surface area (Å²) in [4.78, 5) is 0.509. The maximum Gasteiger partial charge on any atom is 0.240 e. The quantitative estimate of drug-likeness (QED) is 0.805. The van der Waals surface area contributed by atoms with Crippen molar-refractivity contribution in [2.24, 2.45) is 5.73 Å². The molecule has 2 rings (SSSR count). The summed E-state index contributed by atoms with van der Waals surface area (Å²) in [5.41, 5.74) is 6.14. The average molecular weight is 316 g/mol. The highest BCUT2D eigenvalue weighted by Gasteiger charge is 2.20. The molecule has 3 N–H and O–H groups in total. The molecule has 0 amide bonds. The van der Waals surface area contributed by atoms with Crippen LogP contribution in [0.15, 0.2) is 29.2 Å². The summed E-state index contributed by atoms with van der Waals surface area (Å²) in [5.74, 6) is 1.12. The molecule has 0 bridgehead atoms. The van der Waals surface area contributed by atoms with Crippen molar-refractivity contribution in [2.75, 3.05) is 12.3 Å². The van der Waals surface area contributed by atoms with Gasteiger partial charge in [0.15, 0.2) is 0 Å². The van der Waals surface area contributed by atoms with Crippen molar-refractivity contribution in [1.82, 2.24) is 4.72 Å². The number of nitrogens with two attached hydrogens (primary N) is 1. The smallest absolute Gasteiger partial charge is 0.240 e. The van der Waals surface area contributed by atoms with Gasteiger partial charge in [-0.2, -0.15) is 11.8 Å². The number of hydrogen-bond donors (Lipinski definition) is 2. The van der Waals surface area contributed by atoms with Crippen molar-refractivity contribution >= 4 is 39.0 Å². The molecule has 0 spiro atoms. The molecule has 1 aromatic carbocycles. The lowest BCUT2D eigenvalue weighted by atomic mass is 10.2. The third-order valence-electron chi connectivity index (χ3n) is 2.97. The minimum absolute atomic E-state index is 0.246. The summed E-state index contributed by atoms with van der Waals surface area (Å²) in [5, 5.41) is 0.394. The zero-order valence-electron chi connectivity index (χ0n) is 10.3. The molecule has 1 aliphatic heterocycles. The highest BCUT2D eigenvalue weighted by Crippen LogP contribution is 2.25. The topological polar surface area (TPSA) is 72.2 Å². The first-order valence-corrected chi connectivity index (χ1v) is 8.94. The molecule has 0 aromatic heterocycles. The Morgan fingerprint density at radius 3 is 2.63 bits per heavy atom. The maximum absolute atomic E-state index is 12.1. The first-order chi connectivity index (χ1) is 8.99. The minimum Gasteiger partial charge on any atom is -0.389 e. The van der Waals surface area contributed by atoms with E-state index in [2.05, 4.69) is 4.72 Å². The van der Waals surface area contributed by atoms with E-state index in [0.29, 0.717) is 17.4 Å². The highest BCUT2D eigenvalue weighted by molar-refractivity contribution is 8.00. The van der Waals surface area contributed by atoms with Crippen LogP contribution in [0.2, 0.25) is 0 Å². The molecule has 19 heavy (non-hydrogen) atoms. The molecule has 1 heterocycles. The second kappa shape index (κ2) is 6.21. The van der Waals surface area contributed by atoms with Gasteiger partial charge < -0.3 is 5.73 Å². The third kappa shape index (κ3) is 3.92. The summed E-state index contributed by atoms with van der Waals surface area (Å²) in [6.07, 6.45) is 2.24. The number of thioether (sulfide) groups is 1. The van der Waals surface area contributed by atoms with Gasteiger partial charge in [-0.05, 0) is 30.7 Å². The Labute approximate surface area is 123 Å². The van der Waals surface area contributed by atoms with Gasteiger partial charge >= 0.3 is 0 Å². The van der Waals surface area contributed by atoms with Gasteiger partial charge in [-0.25, -0.2) is 13.1 Å². The number of nitrogens with one attached hydrogen (secondary N) is 1. The Hall–Kier alpha value is -0.630. The lowest BCUT2D eigenvalue weighted by Crippen LogP contribution is -2.29. The molecule has 7 heteroatoms. The molecule has 0 aliphatic carbocycles. The number of sulfonamides is 1. The van der Waals surface area contributed by atoms with Gasteiger partial charge in [0.25, 0.3) is 0 Å². The number of benzene rings is 1. The molecule has 1 aromatic rings. The monoisotopic (exact) mass is 316 g/mol. The molecule has 4 nitrogen and oxygen atoms in total. The van der Waals surface area contributed by atoms with Crippen LogP contribution in [0.5, 0.6) is 0 Å². The lowest BCUT2D eigenvalue weighted by molar-refractivity contribution is 0.579. The van der Waals surface area contributed by atoms with Gasteiger partial charge in [0.1, 0.15) is 4.99 Å². The van der Waals surface area contributed by atoms with Crippen LogP contribution < -0.4 is 10.5 Å². The molecular formula is C12H16N2O2S3. The van der Waals surface area contributed by atoms with Gasteiger partial charge in [-0.3, -0.25) is 0 Å². The van der Waals surface area contributed by atoms with Crippen molar-refractivity contribution in [3.8, 4) is 0 Å². The number of thiocarbonyl (C=S) groups is 1. The van der Waals surface area contributed by atoms with E-state index in [1.165, 1.54) is 18.6 Å². The Kier molecular flexibility index (Phi) is 4.83.